The van der Waals surface area contributed by atoms with Crippen LogP contribution in [0.15, 0.2) is 59.6 Å². The minimum absolute atomic E-state index is 0.0902. The maximum atomic E-state index is 13.1. The van der Waals surface area contributed by atoms with Gasteiger partial charge in [0.05, 0.1) is 21.7 Å². The van der Waals surface area contributed by atoms with Crippen molar-refractivity contribution in [3.63, 3.8) is 0 Å². The van der Waals surface area contributed by atoms with E-state index in [2.05, 4.69) is 10.3 Å². The van der Waals surface area contributed by atoms with Gasteiger partial charge in [0.2, 0.25) is 0 Å². The second-order valence-corrected chi connectivity index (χ2v) is 12.0. The number of fused-ring (bicyclic) bond motifs is 1. The molecule has 1 fully saturated rings. The predicted octanol–water partition coefficient (Wildman–Crippen LogP) is 2.59. The van der Waals surface area contributed by atoms with Crippen molar-refractivity contribution in [2.45, 2.75) is 22.6 Å². The van der Waals surface area contributed by atoms with Gasteiger partial charge in [-0.3, -0.25) is 0 Å². The smallest absolute Gasteiger partial charge is 0.183 e. The summed E-state index contributed by atoms with van der Waals surface area (Å²) in [6.45, 7) is 0.481. The molecule has 1 aromatic heterocycles. The lowest BCUT2D eigenvalue weighted by Gasteiger charge is -2.20. The van der Waals surface area contributed by atoms with Gasteiger partial charge in [0.1, 0.15) is 0 Å². The average molecular weight is 453 g/mol. The summed E-state index contributed by atoms with van der Waals surface area (Å²) in [6.07, 6.45) is 2.59. The fourth-order valence-electron chi connectivity index (χ4n) is 3.84. The van der Waals surface area contributed by atoms with E-state index in [9.17, 15) is 16.8 Å². The molecule has 1 saturated heterocycles. The molecule has 0 bridgehead atoms. The summed E-state index contributed by atoms with van der Waals surface area (Å²) in [6, 6.07) is 13.1. The van der Waals surface area contributed by atoms with Crippen LogP contribution in [-0.2, 0) is 26.1 Å². The molecule has 1 aliphatic heterocycles. The number of nitrogens with one attached hydrogen (secondary N) is 2. The average Bonchev–Trinajstić information content (AvgIpc) is 3.23. The van der Waals surface area contributed by atoms with Crippen molar-refractivity contribution in [3.05, 3.63) is 65.3 Å². The maximum absolute atomic E-state index is 13.1. The van der Waals surface area contributed by atoms with E-state index in [0.717, 1.165) is 16.5 Å². The molecule has 0 saturated carbocycles. The summed E-state index contributed by atoms with van der Waals surface area (Å²) >= 11 is 5.85. The first-order valence-corrected chi connectivity index (χ1v) is 13.0. The largest absolute Gasteiger partial charge is 0.361 e. The topological polar surface area (TPSA) is 96.1 Å². The standard InChI is InChI=1S/C20H21ClN2O4S2/c21-15-5-7-16(8-6-15)29(26,27)20-13-28(24,25)12-19(20)22-10-9-14-11-23-18-4-2-1-3-17(14)18/h1-8,11,19-20,22-23H,9-10,12-13H2. The first kappa shape index (κ1) is 20.4. The van der Waals surface area contributed by atoms with Crippen molar-refractivity contribution in [2.24, 2.45) is 0 Å². The number of H-pyrrole nitrogens is 1. The molecule has 2 heterocycles. The van der Waals surface area contributed by atoms with Gasteiger partial charge in [-0.15, -0.1) is 0 Å². The van der Waals surface area contributed by atoms with E-state index in [1.54, 1.807) is 0 Å². The van der Waals surface area contributed by atoms with Crippen LogP contribution in [0.4, 0.5) is 0 Å². The van der Waals surface area contributed by atoms with E-state index < -0.39 is 31.0 Å². The van der Waals surface area contributed by atoms with Gasteiger partial charge >= 0.3 is 0 Å². The second kappa shape index (κ2) is 7.75. The fourth-order valence-corrected chi connectivity index (χ4v) is 8.68. The van der Waals surface area contributed by atoms with Crippen LogP contribution in [0.2, 0.25) is 5.02 Å². The van der Waals surface area contributed by atoms with Gasteiger partial charge in [-0.1, -0.05) is 29.8 Å². The van der Waals surface area contributed by atoms with E-state index >= 15 is 0 Å². The third kappa shape index (κ3) is 4.21. The zero-order valence-corrected chi connectivity index (χ0v) is 17.9. The highest BCUT2D eigenvalue weighted by Crippen LogP contribution is 2.27. The van der Waals surface area contributed by atoms with E-state index in [4.69, 9.17) is 11.6 Å². The van der Waals surface area contributed by atoms with Crippen LogP contribution in [0.25, 0.3) is 10.9 Å². The number of halogens is 1. The van der Waals surface area contributed by atoms with Crippen LogP contribution in [0, 0.1) is 0 Å². The molecule has 0 radical (unpaired) electrons. The predicted molar refractivity (Wildman–Crippen MR) is 115 cm³/mol. The Kier molecular flexibility index (Phi) is 5.46. The van der Waals surface area contributed by atoms with Gasteiger partial charge < -0.3 is 10.3 Å². The Labute approximate surface area is 175 Å². The molecular weight excluding hydrogens is 432 g/mol. The van der Waals surface area contributed by atoms with Crippen LogP contribution in [0.3, 0.4) is 0 Å². The lowest BCUT2D eigenvalue weighted by atomic mass is 10.1. The van der Waals surface area contributed by atoms with E-state index in [-0.39, 0.29) is 16.4 Å². The minimum Gasteiger partial charge on any atom is -0.361 e. The Bertz CT molecular complexity index is 1230. The third-order valence-corrected chi connectivity index (χ3v) is 9.74. The normalized spacial score (nSPS) is 21.6. The molecule has 1 aliphatic rings. The maximum Gasteiger partial charge on any atom is 0.183 e. The van der Waals surface area contributed by atoms with Crippen molar-refractivity contribution >= 4 is 42.2 Å². The van der Waals surface area contributed by atoms with Gasteiger partial charge in [0, 0.05) is 28.2 Å². The Morgan fingerprint density at radius 3 is 2.55 bits per heavy atom. The zero-order valence-electron chi connectivity index (χ0n) is 15.5. The number of para-hydroxylation sites is 1. The van der Waals surface area contributed by atoms with Crippen LogP contribution in [0.1, 0.15) is 5.56 Å². The molecule has 2 aromatic carbocycles. The molecule has 0 amide bonds. The van der Waals surface area contributed by atoms with Crippen molar-refractivity contribution < 1.29 is 16.8 Å². The Balaban J connectivity index is 1.51. The van der Waals surface area contributed by atoms with Gasteiger partial charge in [-0.2, -0.15) is 0 Å². The van der Waals surface area contributed by atoms with Gasteiger partial charge in [0.15, 0.2) is 19.7 Å². The number of aromatic amines is 1. The summed E-state index contributed by atoms with van der Waals surface area (Å²) in [4.78, 5) is 3.30. The van der Waals surface area contributed by atoms with E-state index in [0.29, 0.717) is 18.0 Å². The molecule has 29 heavy (non-hydrogen) atoms. The molecule has 2 atom stereocenters. The van der Waals surface area contributed by atoms with E-state index in [1.807, 2.05) is 30.5 Å². The highest BCUT2D eigenvalue weighted by molar-refractivity contribution is 7.96. The van der Waals surface area contributed by atoms with Crippen molar-refractivity contribution in [2.75, 3.05) is 18.1 Å². The summed E-state index contributed by atoms with van der Waals surface area (Å²) < 4.78 is 50.6. The molecule has 4 rings (SSSR count). The van der Waals surface area contributed by atoms with Gasteiger partial charge in [0.25, 0.3) is 0 Å². The number of hydrogen-bond acceptors (Lipinski definition) is 5. The third-order valence-electron chi connectivity index (χ3n) is 5.32. The Morgan fingerprint density at radius 1 is 1.07 bits per heavy atom. The van der Waals surface area contributed by atoms with Crippen LogP contribution in [-0.4, -0.2) is 51.2 Å². The minimum atomic E-state index is -3.80. The summed E-state index contributed by atoms with van der Waals surface area (Å²) in [5.74, 6) is -0.554. The van der Waals surface area contributed by atoms with Crippen molar-refractivity contribution in [1.82, 2.24) is 10.3 Å². The molecule has 9 heteroatoms. The summed E-state index contributed by atoms with van der Waals surface area (Å²) in [5.41, 5.74) is 2.14. The first-order valence-electron chi connectivity index (χ1n) is 9.24. The number of rotatable bonds is 6. The zero-order chi connectivity index (χ0) is 20.6. The van der Waals surface area contributed by atoms with Crippen LogP contribution >= 0.6 is 11.6 Å². The van der Waals surface area contributed by atoms with Crippen LogP contribution < -0.4 is 5.32 Å². The number of aromatic nitrogens is 1. The lowest BCUT2D eigenvalue weighted by molar-refractivity contribution is 0.528. The highest BCUT2D eigenvalue weighted by atomic mass is 35.5. The number of hydrogen-bond donors (Lipinski definition) is 2. The molecule has 0 aliphatic carbocycles. The van der Waals surface area contributed by atoms with Crippen molar-refractivity contribution in [3.8, 4) is 0 Å². The quantitative estimate of drug-likeness (QED) is 0.599. The molecular formula is C20H21ClN2O4S2. The Morgan fingerprint density at radius 2 is 1.79 bits per heavy atom. The molecule has 154 valence electrons. The molecule has 3 aromatic rings. The number of sulfone groups is 2. The summed E-state index contributed by atoms with van der Waals surface area (Å²) in [7, 11) is -7.24. The summed E-state index contributed by atoms with van der Waals surface area (Å²) in [5, 5.41) is 3.70. The van der Waals surface area contributed by atoms with Crippen LogP contribution in [0.5, 0.6) is 0 Å². The Hall–Kier alpha value is -1.87. The van der Waals surface area contributed by atoms with Gasteiger partial charge in [-0.05, 0) is 48.9 Å². The molecule has 2 N–H and O–H groups in total. The highest BCUT2D eigenvalue weighted by Gasteiger charge is 2.45. The first-order chi connectivity index (χ1) is 13.8. The molecule has 0 spiro atoms. The monoisotopic (exact) mass is 452 g/mol. The molecule has 6 nitrogen and oxygen atoms in total. The number of benzene rings is 2. The van der Waals surface area contributed by atoms with E-state index in [1.165, 1.54) is 24.3 Å². The lowest BCUT2D eigenvalue weighted by Crippen LogP contribution is -2.44. The molecule has 2 unspecified atom stereocenters. The second-order valence-electron chi connectivity index (χ2n) is 7.28. The SMILES string of the molecule is O=S1(=O)CC(NCCc2c[nH]c3ccccc23)C(S(=O)(=O)c2ccc(Cl)cc2)C1. The van der Waals surface area contributed by atoms with Gasteiger partial charge in [-0.25, -0.2) is 16.8 Å². The fraction of sp³-hybridized carbons (Fsp3) is 0.300. The van der Waals surface area contributed by atoms with Crippen molar-refractivity contribution in [1.29, 1.82) is 0 Å².